The van der Waals surface area contributed by atoms with Crippen LogP contribution in [-0.2, 0) is 4.79 Å². The molecule has 3 heterocycles. The zero-order valence-corrected chi connectivity index (χ0v) is 16.6. The Morgan fingerprint density at radius 2 is 1.97 bits per heavy atom. The van der Waals surface area contributed by atoms with Crippen LogP contribution in [0.3, 0.4) is 0 Å². The first-order valence-electron chi connectivity index (χ1n) is 9.00. The van der Waals surface area contributed by atoms with Crippen LogP contribution in [-0.4, -0.2) is 29.5 Å². The number of nitrogens with zero attached hydrogens (tertiary/aromatic N) is 2. The minimum atomic E-state index is -0.125. The third kappa shape index (κ3) is 2.78. The number of imidazole rings is 1. The van der Waals surface area contributed by atoms with Gasteiger partial charge < -0.3 is 14.8 Å². The molecular weight excluding hydrogens is 386 g/mol. The smallest absolute Gasteiger partial charge is 0.256 e. The minimum absolute atomic E-state index is 0.125. The van der Waals surface area contributed by atoms with E-state index in [0.717, 1.165) is 33.2 Å². The van der Waals surface area contributed by atoms with Gasteiger partial charge in [-0.05, 0) is 30.3 Å². The molecular formula is C22H17N3O3S. The number of thiazole rings is 1. The van der Waals surface area contributed by atoms with Crippen LogP contribution in [0.15, 0.2) is 54.0 Å². The largest absolute Gasteiger partial charge is 0.497 e. The second-order valence-electron chi connectivity index (χ2n) is 6.53. The van der Waals surface area contributed by atoms with E-state index in [-0.39, 0.29) is 5.91 Å². The number of aromatic nitrogens is 2. The Morgan fingerprint density at radius 1 is 1.10 bits per heavy atom. The lowest BCUT2D eigenvalue weighted by molar-refractivity contribution is -0.110. The van der Waals surface area contributed by atoms with Gasteiger partial charge in [0, 0.05) is 28.4 Å². The van der Waals surface area contributed by atoms with E-state index in [9.17, 15) is 4.79 Å². The summed E-state index contributed by atoms with van der Waals surface area (Å²) >= 11 is 1.53. The third-order valence-electron chi connectivity index (χ3n) is 4.95. The highest BCUT2D eigenvalue weighted by atomic mass is 32.1. The Bertz CT molecular complexity index is 1290. The fourth-order valence-corrected chi connectivity index (χ4v) is 4.28. The number of carbonyl (C=O) groups excluding carboxylic acids is 1. The van der Waals surface area contributed by atoms with Gasteiger partial charge in [-0.1, -0.05) is 18.2 Å². The standard InChI is InChI=1S/C22H17N3O3S/c1-27-13-7-8-19(28-2)16(11-13)20-18(25-9-10-29-22(25)24-20)12-15-14-5-3-4-6-17(14)23-21(15)26/h3-12H,1-2H3,(H,23,26)/b15-12-. The summed E-state index contributed by atoms with van der Waals surface area (Å²) in [4.78, 5) is 18.3. The van der Waals surface area contributed by atoms with Gasteiger partial charge in [-0.15, -0.1) is 11.3 Å². The number of methoxy groups -OCH3 is 2. The molecule has 0 spiro atoms. The second-order valence-corrected chi connectivity index (χ2v) is 7.40. The molecule has 1 amide bonds. The topological polar surface area (TPSA) is 64.9 Å². The van der Waals surface area contributed by atoms with Crippen molar-refractivity contribution in [2.24, 2.45) is 0 Å². The monoisotopic (exact) mass is 403 g/mol. The summed E-state index contributed by atoms with van der Waals surface area (Å²) in [5.74, 6) is 1.27. The summed E-state index contributed by atoms with van der Waals surface area (Å²) < 4.78 is 13.0. The second kappa shape index (κ2) is 6.79. The number of nitrogens with one attached hydrogen (secondary N) is 1. The van der Waals surface area contributed by atoms with Crippen LogP contribution in [0.2, 0.25) is 0 Å². The van der Waals surface area contributed by atoms with E-state index in [1.54, 1.807) is 14.2 Å². The van der Waals surface area contributed by atoms with Crippen molar-refractivity contribution in [3.63, 3.8) is 0 Å². The van der Waals surface area contributed by atoms with E-state index >= 15 is 0 Å². The van der Waals surface area contributed by atoms with Gasteiger partial charge in [0.05, 0.1) is 25.5 Å². The number of hydrogen-bond acceptors (Lipinski definition) is 5. The molecule has 0 aliphatic carbocycles. The SMILES string of the molecule is COc1ccc(OC)c(-c2nc3sccn3c2/C=C2\C(=O)Nc3ccccc32)c1. The first-order valence-corrected chi connectivity index (χ1v) is 9.88. The molecule has 0 saturated carbocycles. The van der Waals surface area contributed by atoms with Crippen molar-refractivity contribution < 1.29 is 14.3 Å². The number of carbonyl (C=O) groups is 1. The number of amides is 1. The summed E-state index contributed by atoms with van der Waals surface area (Å²) in [5.41, 5.74) is 4.66. The van der Waals surface area contributed by atoms with Crippen molar-refractivity contribution in [2.75, 3.05) is 19.5 Å². The molecule has 4 aromatic rings. The summed E-state index contributed by atoms with van der Waals surface area (Å²) in [5, 5.41) is 4.89. The number of ether oxygens (including phenoxy) is 2. The molecule has 1 aliphatic heterocycles. The highest BCUT2D eigenvalue weighted by Crippen LogP contribution is 2.39. The Morgan fingerprint density at radius 3 is 2.79 bits per heavy atom. The highest BCUT2D eigenvalue weighted by molar-refractivity contribution is 7.15. The van der Waals surface area contributed by atoms with E-state index < -0.39 is 0 Å². The van der Waals surface area contributed by atoms with Crippen molar-refractivity contribution in [1.82, 2.24) is 9.38 Å². The summed E-state index contributed by atoms with van der Waals surface area (Å²) in [6, 6.07) is 13.3. The normalized spacial score (nSPS) is 14.3. The van der Waals surface area contributed by atoms with Gasteiger partial charge in [0.1, 0.15) is 17.2 Å². The van der Waals surface area contributed by atoms with Crippen LogP contribution >= 0.6 is 11.3 Å². The van der Waals surface area contributed by atoms with Gasteiger partial charge in [0.25, 0.3) is 5.91 Å². The van der Waals surface area contributed by atoms with Crippen molar-refractivity contribution in [3.8, 4) is 22.8 Å². The molecule has 7 heteroatoms. The van der Waals surface area contributed by atoms with Gasteiger partial charge >= 0.3 is 0 Å². The van der Waals surface area contributed by atoms with Crippen LogP contribution in [0.4, 0.5) is 5.69 Å². The van der Waals surface area contributed by atoms with Gasteiger partial charge in [0.15, 0.2) is 4.96 Å². The lowest BCUT2D eigenvalue weighted by Gasteiger charge is -2.10. The highest BCUT2D eigenvalue weighted by Gasteiger charge is 2.26. The van der Waals surface area contributed by atoms with Crippen LogP contribution in [0, 0.1) is 0 Å². The molecule has 0 unspecified atom stereocenters. The molecule has 0 radical (unpaired) electrons. The Kier molecular flexibility index (Phi) is 4.10. The predicted octanol–water partition coefficient (Wildman–Crippen LogP) is 4.57. The van der Waals surface area contributed by atoms with Crippen molar-refractivity contribution in [2.45, 2.75) is 0 Å². The molecule has 0 saturated heterocycles. The van der Waals surface area contributed by atoms with Gasteiger partial charge in [0.2, 0.25) is 0 Å². The number of anilines is 1. The number of para-hydroxylation sites is 1. The van der Waals surface area contributed by atoms with Gasteiger partial charge in [-0.2, -0.15) is 0 Å². The summed E-state index contributed by atoms with van der Waals surface area (Å²) in [6.07, 6.45) is 3.84. The van der Waals surface area contributed by atoms with Crippen LogP contribution in [0.5, 0.6) is 11.5 Å². The molecule has 0 atom stereocenters. The van der Waals surface area contributed by atoms with E-state index in [0.29, 0.717) is 17.1 Å². The predicted molar refractivity (Wildman–Crippen MR) is 115 cm³/mol. The molecule has 2 aromatic carbocycles. The molecule has 29 heavy (non-hydrogen) atoms. The molecule has 6 nitrogen and oxygen atoms in total. The molecule has 0 bridgehead atoms. The molecule has 1 aliphatic rings. The summed E-state index contributed by atoms with van der Waals surface area (Å²) in [6.45, 7) is 0. The molecule has 144 valence electrons. The van der Waals surface area contributed by atoms with E-state index in [4.69, 9.17) is 14.5 Å². The number of benzene rings is 2. The van der Waals surface area contributed by atoms with Crippen LogP contribution in [0.25, 0.3) is 27.9 Å². The van der Waals surface area contributed by atoms with Crippen molar-refractivity contribution in [1.29, 1.82) is 0 Å². The van der Waals surface area contributed by atoms with Gasteiger partial charge in [-0.25, -0.2) is 4.98 Å². The maximum atomic E-state index is 12.7. The van der Waals surface area contributed by atoms with E-state index in [1.165, 1.54) is 11.3 Å². The Labute approximate surface area is 171 Å². The zero-order valence-electron chi connectivity index (χ0n) is 15.8. The average molecular weight is 403 g/mol. The number of fused-ring (bicyclic) bond motifs is 2. The summed E-state index contributed by atoms with van der Waals surface area (Å²) in [7, 11) is 3.25. The van der Waals surface area contributed by atoms with E-state index in [1.807, 2.05) is 64.5 Å². The molecule has 5 rings (SSSR count). The quantitative estimate of drug-likeness (QED) is 0.507. The fraction of sp³-hybridized carbons (Fsp3) is 0.0909. The lowest BCUT2D eigenvalue weighted by atomic mass is 10.0. The van der Waals surface area contributed by atoms with Crippen LogP contribution in [0.1, 0.15) is 11.3 Å². The Hall–Kier alpha value is -3.58. The fourth-order valence-electron chi connectivity index (χ4n) is 3.56. The maximum absolute atomic E-state index is 12.7. The van der Waals surface area contributed by atoms with E-state index in [2.05, 4.69) is 5.32 Å². The van der Waals surface area contributed by atoms with Crippen molar-refractivity contribution >= 4 is 39.5 Å². The number of rotatable bonds is 4. The maximum Gasteiger partial charge on any atom is 0.256 e. The lowest BCUT2D eigenvalue weighted by Crippen LogP contribution is -2.04. The molecule has 2 aromatic heterocycles. The molecule has 0 fully saturated rings. The van der Waals surface area contributed by atoms with Gasteiger partial charge in [-0.3, -0.25) is 9.20 Å². The third-order valence-corrected chi connectivity index (χ3v) is 5.71. The van der Waals surface area contributed by atoms with Crippen LogP contribution < -0.4 is 14.8 Å². The van der Waals surface area contributed by atoms with Crippen molar-refractivity contribution in [3.05, 3.63) is 65.3 Å². The zero-order chi connectivity index (χ0) is 20.0. The average Bonchev–Trinajstić information content (AvgIpc) is 3.42. The minimum Gasteiger partial charge on any atom is -0.497 e. The Balaban J connectivity index is 1.77. The first kappa shape index (κ1) is 17.5. The first-order chi connectivity index (χ1) is 14.2. The molecule has 1 N–H and O–H groups in total. The number of hydrogen-bond donors (Lipinski definition) is 1.